The first kappa shape index (κ1) is 21.3. The quantitative estimate of drug-likeness (QED) is 0.523. The van der Waals surface area contributed by atoms with Crippen molar-refractivity contribution >= 4 is 22.3 Å². The van der Waals surface area contributed by atoms with E-state index in [4.69, 9.17) is 9.72 Å². The Balaban J connectivity index is 1.41. The second kappa shape index (κ2) is 8.41. The Morgan fingerprint density at radius 1 is 1.19 bits per heavy atom. The molecule has 0 N–H and O–H groups in total. The summed E-state index contributed by atoms with van der Waals surface area (Å²) in [4.78, 5) is 20.7. The van der Waals surface area contributed by atoms with E-state index in [0.29, 0.717) is 25.2 Å². The standard InChI is InChI=1S/C26H27FN2O2S/c1-26(2)14-22-24(23(30)15-26)32-25(28-22)29-10-11-31-16-19(29)13-17-6-5-7-18(12-17)20-8-3-4-9-21(20)27/h3-9,12,19H,10-11,13-16H2,1-2H3/t19-/m0/s1. The van der Waals surface area contributed by atoms with Crippen LogP contribution in [0.15, 0.2) is 48.5 Å². The Labute approximate surface area is 192 Å². The maximum atomic E-state index is 14.3. The van der Waals surface area contributed by atoms with E-state index in [2.05, 4.69) is 30.9 Å². The molecule has 1 fully saturated rings. The van der Waals surface area contributed by atoms with Gasteiger partial charge in [0.15, 0.2) is 10.9 Å². The number of aromatic nitrogens is 1. The molecule has 2 aromatic carbocycles. The third-order valence-electron chi connectivity index (χ3n) is 6.28. The summed E-state index contributed by atoms with van der Waals surface area (Å²) in [6, 6.07) is 15.0. The predicted molar refractivity (Wildman–Crippen MR) is 126 cm³/mol. The molecule has 5 rings (SSSR count). The summed E-state index contributed by atoms with van der Waals surface area (Å²) in [6.45, 7) is 6.27. The topological polar surface area (TPSA) is 42.4 Å². The molecule has 1 saturated heterocycles. The summed E-state index contributed by atoms with van der Waals surface area (Å²) in [7, 11) is 0. The minimum Gasteiger partial charge on any atom is -0.377 e. The van der Waals surface area contributed by atoms with Gasteiger partial charge in [-0.3, -0.25) is 4.79 Å². The van der Waals surface area contributed by atoms with Gasteiger partial charge >= 0.3 is 0 Å². The second-order valence-corrected chi connectivity index (χ2v) is 10.5. The van der Waals surface area contributed by atoms with Gasteiger partial charge in [0.2, 0.25) is 0 Å². The first-order valence-corrected chi connectivity index (χ1v) is 11.9. The van der Waals surface area contributed by atoms with Crippen LogP contribution < -0.4 is 4.90 Å². The van der Waals surface area contributed by atoms with Crippen molar-refractivity contribution in [1.29, 1.82) is 0 Å². The number of rotatable bonds is 4. The average molecular weight is 451 g/mol. The maximum Gasteiger partial charge on any atom is 0.186 e. The van der Waals surface area contributed by atoms with E-state index >= 15 is 0 Å². The van der Waals surface area contributed by atoms with Crippen LogP contribution >= 0.6 is 11.3 Å². The summed E-state index contributed by atoms with van der Waals surface area (Å²) in [5, 5.41) is 0.916. The molecule has 4 nitrogen and oxygen atoms in total. The minimum absolute atomic E-state index is 0.0347. The van der Waals surface area contributed by atoms with Gasteiger partial charge in [0.25, 0.3) is 0 Å². The van der Waals surface area contributed by atoms with E-state index in [9.17, 15) is 9.18 Å². The zero-order chi connectivity index (χ0) is 22.3. The number of ether oxygens (including phenoxy) is 1. The normalized spacial score (nSPS) is 20.3. The van der Waals surface area contributed by atoms with Crippen molar-refractivity contribution in [3.8, 4) is 11.1 Å². The lowest BCUT2D eigenvalue weighted by Gasteiger charge is -2.35. The number of morpholine rings is 1. The van der Waals surface area contributed by atoms with Crippen LogP contribution in [-0.2, 0) is 17.6 Å². The summed E-state index contributed by atoms with van der Waals surface area (Å²) in [6.07, 6.45) is 2.19. The molecule has 1 atom stereocenters. The monoisotopic (exact) mass is 450 g/mol. The van der Waals surface area contributed by atoms with E-state index in [-0.39, 0.29) is 23.1 Å². The van der Waals surface area contributed by atoms with Gasteiger partial charge < -0.3 is 9.64 Å². The molecule has 32 heavy (non-hydrogen) atoms. The number of ketones is 1. The molecule has 0 radical (unpaired) electrons. The molecule has 2 heterocycles. The number of anilines is 1. The molecule has 1 aromatic heterocycles. The number of carbonyl (C=O) groups is 1. The predicted octanol–water partition coefficient (Wildman–Crippen LogP) is 5.55. The molecule has 6 heteroatoms. The highest BCUT2D eigenvalue weighted by Crippen LogP contribution is 2.40. The van der Waals surface area contributed by atoms with Crippen molar-refractivity contribution in [2.24, 2.45) is 5.41 Å². The number of nitrogens with zero attached hydrogens (tertiary/aromatic N) is 2. The number of Topliss-reactive ketones (excluding diaryl/α,β-unsaturated/α-hetero) is 1. The highest BCUT2D eigenvalue weighted by Gasteiger charge is 2.36. The lowest BCUT2D eigenvalue weighted by molar-refractivity contribution is 0.0915. The second-order valence-electron chi connectivity index (χ2n) is 9.52. The largest absolute Gasteiger partial charge is 0.377 e. The van der Waals surface area contributed by atoms with Gasteiger partial charge in [-0.2, -0.15) is 0 Å². The third kappa shape index (κ3) is 4.21. The van der Waals surface area contributed by atoms with E-state index < -0.39 is 0 Å². The maximum absolute atomic E-state index is 14.3. The van der Waals surface area contributed by atoms with Gasteiger partial charge in [0, 0.05) is 18.5 Å². The molecular weight excluding hydrogens is 423 g/mol. The van der Waals surface area contributed by atoms with Crippen LogP contribution in [0.5, 0.6) is 0 Å². The van der Waals surface area contributed by atoms with Crippen molar-refractivity contribution in [3.05, 3.63) is 70.5 Å². The number of fused-ring (bicyclic) bond motifs is 1. The summed E-state index contributed by atoms with van der Waals surface area (Å²) < 4.78 is 20.1. The van der Waals surface area contributed by atoms with Crippen molar-refractivity contribution < 1.29 is 13.9 Å². The molecule has 0 saturated carbocycles. The van der Waals surface area contributed by atoms with Crippen LogP contribution in [0.25, 0.3) is 11.1 Å². The highest BCUT2D eigenvalue weighted by molar-refractivity contribution is 7.17. The minimum atomic E-state index is -0.215. The van der Waals surface area contributed by atoms with Crippen LogP contribution in [0.1, 0.15) is 41.2 Å². The highest BCUT2D eigenvalue weighted by atomic mass is 32.1. The Morgan fingerprint density at radius 3 is 2.88 bits per heavy atom. The number of benzene rings is 2. The van der Waals surface area contributed by atoms with Crippen LogP contribution in [0.3, 0.4) is 0 Å². The summed E-state index contributed by atoms with van der Waals surface area (Å²) in [5.41, 5.74) is 3.52. The Hall–Kier alpha value is -2.57. The number of hydrogen-bond acceptors (Lipinski definition) is 5. The molecular formula is C26H27FN2O2S. The molecule has 2 aliphatic rings. The molecule has 0 bridgehead atoms. The van der Waals surface area contributed by atoms with Gasteiger partial charge in [-0.15, -0.1) is 0 Å². The summed E-state index contributed by atoms with van der Waals surface area (Å²) in [5.74, 6) is -0.00404. The lowest BCUT2D eigenvalue weighted by atomic mass is 9.78. The summed E-state index contributed by atoms with van der Waals surface area (Å²) >= 11 is 1.53. The van der Waals surface area contributed by atoms with Gasteiger partial charge in [0.1, 0.15) is 5.82 Å². The lowest BCUT2D eigenvalue weighted by Crippen LogP contribution is -2.46. The number of hydrogen-bond donors (Lipinski definition) is 0. The fourth-order valence-electron chi connectivity index (χ4n) is 4.74. The van der Waals surface area contributed by atoms with Gasteiger partial charge in [0.05, 0.1) is 29.8 Å². The van der Waals surface area contributed by atoms with Crippen molar-refractivity contribution in [2.45, 2.75) is 39.2 Å². The van der Waals surface area contributed by atoms with Crippen LogP contribution in [0, 0.1) is 11.2 Å². The molecule has 0 amide bonds. The zero-order valence-electron chi connectivity index (χ0n) is 18.4. The van der Waals surface area contributed by atoms with Crippen LogP contribution in [0.2, 0.25) is 0 Å². The average Bonchev–Trinajstić information content (AvgIpc) is 3.18. The molecule has 3 aromatic rings. The van der Waals surface area contributed by atoms with Gasteiger partial charge in [-0.25, -0.2) is 9.37 Å². The first-order chi connectivity index (χ1) is 15.4. The van der Waals surface area contributed by atoms with Crippen LogP contribution in [-0.4, -0.2) is 36.6 Å². The fourth-order valence-corrected chi connectivity index (χ4v) is 5.86. The molecule has 0 spiro atoms. The van der Waals surface area contributed by atoms with Gasteiger partial charge in [-0.1, -0.05) is 67.6 Å². The zero-order valence-corrected chi connectivity index (χ0v) is 19.3. The van der Waals surface area contributed by atoms with Crippen molar-refractivity contribution in [2.75, 3.05) is 24.7 Å². The van der Waals surface area contributed by atoms with Crippen LogP contribution in [0.4, 0.5) is 9.52 Å². The first-order valence-electron chi connectivity index (χ1n) is 11.1. The van der Waals surface area contributed by atoms with E-state index in [0.717, 1.165) is 46.2 Å². The van der Waals surface area contributed by atoms with E-state index in [1.54, 1.807) is 6.07 Å². The number of halogens is 1. The molecule has 1 aliphatic carbocycles. The van der Waals surface area contributed by atoms with E-state index in [1.807, 2.05) is 24.3 Å². The number of thiazole rings is 1. The fraction of sp³-hybridized carbons (Fsp3) is 0.385. The molecule has 166 valence electrons. The van der Waals surface area contributed by atoms with Gasteiger partial charge in [-0.05, 0) is 35.4 Å². The Kier molecular flexibility index (Phi) is 5.59. The Bertz CT molecular complexity index is 1160. The van der Waals surface area contributed by atoms with Crippen molar-refractivity contribution in [1.82, 2.24) is 4.98 Å². The van der Waals surface area contributed by atoms with Crippen molar-refractivity contribution in [3.63, 3.8) is 0 Å². The Morgan fingerprint density at radius 2 is 2.03 bits per heavy atom. The van der Waals surface area contributed by atoms with E-state index in [1.165, 1.54) is 17.4 Å². The number of carbonyl (C=O) groups excluding carboxylic acids is 1. The molecule has 0 unspecified atom stereocenters. The SMILES string of the molecule is CC1(C)CC(=O)c2sc(N3CCOC[C@@H]3Cc3cccc(-c4ccccc4F)c3)nc2C1. The smallest absolute Gasteiger partial charge is 0.186 e. The molecule has 1 aliphatic heterocycles. The third-order valence-corrected chi connectivity index (χ3v) is 7.46.